The van der Waals surface area contributed by atoms with E-state index in [0.29, 0.717) is 30.5 Å². The van der Waals surface area contributed by atoms with Crippen LogP contribution in [-0.4, -0.2) is 53.1 Å². The molecule has 0 saturated heterocycles. The van der Waals surface area contributed by atoms with Crippen molar-refractivity contribution in [2.24, 2.45) is 0 Å². The molecule has 2 atom stereocenters. The van der Waals surface area contributed by atoms with Crippen molar-refractivity contribution in [3.63, 3.8) is 0 Å². The smallest absolute Gasteiger partial charge is 0.251 e. The van der Waals surface area contributed by atoms with E-state index in [0.717, 1.165) is 41.8 Å². The SMILES string of the molecule is CC(C)c1cn2c3c(cc(C(=O)N[C@@H](Cc4ccccc4)[C@H](O)CNC4CCCCC4)cc13)N(C)SCC2. The number of nitrogens with zero attached hydrogens (tertiary/aromatic N) is 2. The summed E-state index contributed by atoms with van der Waals surface area (Å²) in [6.45, 7) is 5.85. The molecule has 1 aromatic heterocycles. The molecular weight excluding hydrogens is 492 g/mol. The van der Waals surface area contributed by atoms with E-state index in [4.69, 9.17) is 0 Å². The predicted octanol–water partition coefficient (Wildman–Crippen LogP) is 5.49. The quantitative estimate of drug-likeness (QED) is 0.317. The molecule has 2 aliphatic rings. The average molecular weight is 535 g/mol. The Bertz CT molecular complexity index is 1240. The second kappa shape index (κ2) is 12.1. The van der Waals surface area contributed by atoms with Crippen LogP contribution in [0.5, 0.6) is 0 Å². The van der Waals surface area contributed by atoms with Crippen LogP contribution in [0.4, 0.5) is 5.69 Å². The normalized spacial score (nSPS) is 18.0. The highest BCUT2D eigenvalue weighted by Gasteiger charge is 2.26. The molecule has 0 unspecified atom stereocenters. The van der Waals surface area contributed by atoms with Crippen molar-refractivity contribution < 1.29 is 9.90 Å². The summed E-state index contributed by atoms with van der Waals surface area (Å²) >= 11 is 1.78. The molecule has 0 spiro atoms. The highest BCUT2D eigenvalue weighted by molar-refractivity contribution is 8.00. The Labute approximate surface area is 231 Å². The number of aryl methyl sites for hydroxylation is 1. The molecule has 1 aliphatic carbocycles. The second-order valence-electron chi connectivity index (χ2n) is 11.2. The number of rotatable bonds is 9. The number of aromatic nitrogens is 1. The van der Waals surface area contributed by atoms with Gasteiger partial charge >= 0.3 is 0 Å². The summed E-state index contributed by atoms with van der Waals surface area (Å²) in [5, 5.41) is 19.2. The van der Waals surface area contributed by atoms with Crippen LogP contribution in [0.3, 0.4) is 0 Å². The molecular formula is C31H42N4O2S. The summed E-state index contributed by atoms with van der Waals surface area (Å²) in [6, 6.07) is 14.3. The van der Waals surface area contributed by atoms with Gasteiger partial charge in [0.2, 0.25) is 0 Å². The monoisotopic (exact) mass is 534 g/mol. The highest BCUT2D eigenvalue weighted by Crippen LogP contribution is 2.39. The first-order valence-electron chi connectivity index (χ1n) is 14.2. The van der Waals surface area contributed by atoms with Crippen LogP contribution in [0.25, 0.3) is 10.9 Å². The fourth-order valence-corrected chi connectivity index (χ4v) is 6.77. The summed E-state index contributed by atoms with van der Waals surface area (Å²) in [7, 11) is 2.08. The number of hydrogen-bond acceptors (Lipinski definition) is 5. The number of benzene rings is 2. The average Bonchev–Trinajstić information content (AvgIpc) is 3.22. The number of carbonyl (C=O) groups is 1. The Morgan fingerprint density at radius 3 is 2.63 bits per heavy atom. The first-order valence-corrected chi connectivity index (χ1v) is 15.1. The fraction of sp³-hybridized carbons (Fsp3) is 0.516. The maximum absolute atomic E-state index is 13.8. The van der Waals surface area contributed by atoms with E-state index in [-0.39, 0.29) is 5.91 Å². The van der Waals surface area contributed by atoms with Gasteiger partial charge in [0.25, 0.3) is 5.91 Å². The molecule has 2 heterocycles. The Balaban J connectivity index is 1.41. The van der Waals surface area contributed by atoms with Gasteiger partial charge in [0, 0.05) is 49.1 Å². The molecule has 1 saturated carbocycles. The number of carbonyl (C=O) groups excluding carboxylic acids is 1. The lowest BCUT2D eigenvalue weighted by Crippen LogP contribution is -2.50. The molecule has 0 radical (unpaired) electrons. The first-order chi connectivity index (χ1) is 18.4. The van der Waals surface area contributed by atoms with Crippen molar-refractivity contribution in [1.82, 2.24) is 15.2 Å². The van der Waals surface area contributed by atoms with E-state index in [1.165, 1.54) is 30.3 Å². The fourth-order valence-electron chi connectivity index (χ4n) is 5.94. The molecule has 5 rings (SSSR count). The van der Waals surface area contributed by atoms with Crippen LogP contribution >= 0.6 is 11.9 Å². The minimum atomic E-state index is -0.683. The lowest BCUT2D eigenvalue weighted by atomic mass is 9.94. The Kier molecular flexibility index (Phi) is 8.66. The zero-order chi connectivity index (χ0) is 26.6. The van der Waals surface area contributed by atoms with Crippen LogP contribution in [0.2, 0.25) is 0 Å². The molecule has 38 heavy (non-hydrogen) atoms. The van der Waals surface area contributed by atoms with Gasteiger partial charge in [0.1, 0.15) is 0 Å². The third kappa shape index (κ3) is 6.05. The van der Waals surface area contributed by atoms with Gasteiger partial charge in [0.05, 0.1) is 23.3 Å². The number of aliphatic hydroxyl groups is 1. The minimum absolute atomic E-state index is 0.133. The number of aliphatic hydroxyl groups excluding tert-OH is 1. The van der Waals surface area contributed by atoms with E-state index in [2.05, 4.69) is 64.8 Å². The van der Waals surface area contributed by atoms with Crippen LogP contribution in [-0.2, 0) is 13.0 Å². The van der Waals surface area contributed by atoms with Crippen LogP contribution in [0, 0.1) is 0 Å². The van der Waals surface area contributed by atoms with Gasteiger partial charge in [-0.15, -0.1) is 0 Å². The lowest BCUT2D eigenvalue weighted by molar-refractivity contribution is 0.0821. The van der Waals surface area contributed by atoms with Crippen molar-refractivity contribution in [1.29, 1.82) is 0 Å². The standard InChI is InChI=1S/C31H42N4O2S/c1-21(2)26-20-35-14-15-38-34(3)28-18-23(17-25(26)30(28)35)31(37)33-27(16-22-10-6-4-7-11-22)29(36)19-32-24-12-8-5-9-13-24/h4,6-7,10-11,17-18,20-21,24,27,29,32,36H,5,8-9,12-16,19H2,1-3H3,(H,33,37)/t27-,29+/m0/s1. The largest absolute Gasteiger partial charge is 0.390 e. The molecule has 3 N–H and O–H groups in total. The van der Waals surface area contributed by atoms with Crippen LogP contribution in [0.1, 0.15) is 73.4 Å². The summed E-state index contributed by atoms with van der Waals surface area (Å²) in [5.74, 6) is 1.22. The first kappa shape index (κ1) is 27.1. The summed E-state index contributed by atoms with van der Waals surface area (Å²) in [4.78, 5) is 13.8. The maximum Gasteiger partial charge on any atom is 0.251 e. The summed E-state index contributed by atoms with van der Waals surface area (Å²) in [6.07, 6.45) is 8.28. The lowest BCUT2D eigenvalue weighted by Gasteiger charge is -2.28. The van der Waals surface area contributed by atoms with Crippen LogP contribution < -0.4 is 14.9 Å². The number of amides is 1. The summed E-state index contributed by atoms with van der Waals surface area (Å²) in [5.41, 5.74) is 5.30. The maximum atomic E-state index is 13.8. The van der Waals surface area contributed by atoms with E-state index in [9.17, 15) is 9.90 Å². The Morgan fingerprint density at radius 2 is 1.89 bits per heavy atom. The molecule has 3 aromatic rings. The topological polar surface area (TPSA) is 69.5 Å². The van der Waals surface area contributed by atoms with Gasteiger partial charge in [0.15, 0.2) is 0 Å². The Hall–Kier alpha value is -2.48. The van der Waals surface area contributed by atoms with Gasteiger partial charge in [-0.3, -0.25) is 4.79 Å². The molecule has 1 aliphatic heterocycles. The van der Waals surface area contributed by atoms with E-state index >= 15 is 0 Å². The summed E-state index contributed by atoms with van der Waals surface area (Å²) < 4.78 is 4.54. The zero-order valence-corrected chi connectivity index (χ0v) is 23.8. The predicted molar refractivity (Wildman–Crippen MR) is 159 cm³/mol. The van der Waals surface area contributed by atoms with Gasteiger partial charge in [-0.25, -0.2) is 0 Å². The molecule has 6 nitrogen and oxygen atoms in total. The Morgan fingerprint density at radius 1 is 1.13 bits per heavy atom. The second-order valence-corrected chi connectivity index (χ2v) is 12.4. The highest BCUT2D eigenvalue weighted by atomic mass is 32.2. The van der Waals surface area contributed by atoms with Crippen molar-refractivity contribution in [3.8, 4) is 0 Å². The van der Waals surface area contributed by atoms with Gasteiger partial charge in [-0.05, 0) is 60.4 Å². The molecule has 0 bridgehead atoms. The molecule has 1 fully saturated rings. The molecule has 2 aromatic carbocycles. The van der Waals surface area contributed by atoms with Gasteiger partial charge < -0.3 is 24.6 Å². The zero-order valence-electron chi connectivity index (χ0n) is 23.0. The molecule has 7 heteroatoms. The van der Waals surface area contributed by atoms with E-state index < -0.39 is 12.1 Å². The number of nitrogens with one attached hydrogen (secondary N) is 2. The number of hydrogen-bond donors (Lipinski definition) is 3. The van der Waals surface area contributed by atoms with Gasteiger partial charge in [-0.2, -0.15) is 0 Å². The van der Waals surface area contributed by atoms with Gasteiger partial charge in [-0.1, -0.05) is 63.4 Å². The molecule has 1 amide bonds. The minimum Gasteiger partial charge on any atom is -0.390 e. The third-order valence-electron chi connectivity index (χ3n) is 8.12. The van der Waals surface area contributed by atoms with E-state index in [1.54, 1.807) is 11.9 Å². The van der Waals surface area contributed by atoms with Crippen molar-refractivity contribution in [3.05, 3.63) is 65.4 Å². The molecule has 204 valence electrons. The van der Waals surface area contributed by atoms with Crippen molar-refractivity contribution in [2.75, 3.05) is 23.7 Å². The third-order valence-corrected chi connectivity index (χ3v) is 9.07. The van der Waals surface area contributed by atoms with E-state index in [1.807, 2.05) is 24.3 Å². The van der Waals surface area contributed by atoms with Crippen molar-refractivity contribution in [2.45, 2.75) is 83.0 Å². The van der Waals surface area contributed by atoms with Crippen molar-refractivity contribution >= 4 is 34.4 Å². The van der Waals surface area contributed by atoms with Crippen LogP contribution in [0.15, 0.2) is 48.7 Å². The number of anilines is 1.